The highest BCUT2D eigenvalue weighted by Gasteiger charge is 2.24. The monoisotopic (exact) mass is 350 g/mol. The topological polar surface area (TPSA) is 82.5 Å². The van der Waals surface area contributed by atoms with E-state index in [1.807, 2.05) is 29.2 Å². The molecule has 0 aromatic heterocycles. The fourth-order valence-corrected chi connectivity index (χ4v) is 3.26. The van der Waals surface area contributed by atoms with Crippen LogP contribution in [0.3, 0.4) is 0 Å². The molecule has 1 aromatic carbocycles. The maximum absolute atomic E-state index is 12.1. The van der Waals surface area contributed by atoms with Gasteiger partial charge >= 0.3 is 0 Å². The predicted octanol–water partition coefficient (Wildman–Crippen LogP) is -0.148. The lowest BCUT2D eigenvalue weighted by molar-refractivity contribution is -0.137. The van der Waals surface area contributed by atoms with E-state index < -0.39 is 12.2 Å². The first kappa shape index (κ1) is 18.1. The second-order valence-corrected chi connectivity index (χ2v) is 6.66. The van der Waals surface area contributed by atoms with Gasteiger partial charge in [-0.3, -0.25) is 9.69 Å². The first-order valence-corrected chi connectivity index (χ1v) is 8.76. The Bertz CT molecular complexity index is 549. The Morgan fingerprint density at radius 3 is 2.40 bits per heavy atom. The standard InChI is InChI=1S/C18H26N2O5/c21-15-9-16(22)12-19(11-15)10-14-1-3-17(4-2-14)25-13-18(23)20-5-7-24-8-6-20/h1-4,15-16,21-22H,5-13H2/t15-,16-/m1/s1. The Labute approximate surface area is 147 Å². The Kier molecular flexibility index (Phi) is 6.25. The van der Waals surface area contributed by atoms with Gasteiger partial charge in [0.25, 0.3) is 5.91 Å². The van der Waals surface area contributed by atoms with Crippen LogP contribution in [-0.4, -0.2) is 84.1 Å². The number of hydrogen-bond donors (Lipinski definition) is 2. The molecule has 7 nitrogen and oxygen atoms in total. The zero-order chi connectivity index (χ0) is 17.6. The minimum atomic E-state index is -0.474. The summed E-state index contributed by atoms with van der Waals surface area (Å²) in [5.41, 5.74) is 1.08. The van der Waals surface area contributed by atoms with Gasteiger partial charge in [0.05, 0.1) is 25.4 Å². The zero-order valence-corrected chi connectivity index (χ0v) is 14.3. The molecule has 0 bridgehead atoms. The molecule has 0 aliphatic carbocycles. The van der Waals surface area contributed by atoms with Crippen molar-refractivity contribution in [2.75, 3.05) is 46.0 Å². The molecule has 7 heteroatoms. The van der Waals surface area contributed by atoms with Crippen molar-refractivity contribution in [3.8, 4) is 5.75 Å². The highest BCUT2D eigenvalue weighted by molar-refractivity contribution is 5.77. The van der Waals surface area contributed by atoms with E-state index >= 15 is 0 Å². The fourth-order valence-electron chi connectivity index (χ4n) is 3.26. The summed E-state index contributed by atoms with van der Waals surface area (Å²) in [5.74, 6) is 0.632. The molecule has 0 radical (unpaired) electrons. The van der Waals surface area contributed by atoms with Crippen LogP contribution in [0.4, 0.5) is 0 Å². The lowest BCUT2D eigenvalue weighted by Crippen LogP contribution is -2.45. The van der Waals surface area contributed by atoms with E-state index in [1.54, 1.807) is 4.90 Å². The summed E-state index contributed by atoms with van der Waals surface area (Å²) in [5, 5.41) is 19.5. The largest absolute Gasteiger partial charge is 0.484 e. The molecule has 1 amide bonds. The Balaban J connectivity index is 1.46. The summed E-state index contributed by atoms with van der Waals surface area (Å²) in [4.78, 5) is 15.8. The van der Waals surface area contributed by atoms with Crippen LogP contribution in [0.1, 0.15) is 12.0 Å². The van der Waals surface area contributed by atoms with E-state index in [4.69, 9.17) is 9.47 Å². The third-order valence-corrected chi connectivity index (χ3v) is 4.54. The number of carbonyl (C=O) groups is 1. The average Bonchev–Trinajstić information content (AvgIpc) is 2.61. The molecule has 138 valence electrons. The van der Waals surface area contributed by atoms with Gasteiger partial charge in [-0.25, -0.2) is 0 Å². The minimum Gasteiger partial charge on any atom is -0.484 e. The molecule has 1 aromatic rings. The number of aliphatic hydroxyl groups is 2. The molecule has 3 rings (SSSR count). The van der Waals surface area contributed by atoms with E-state index in [0.717, 1.165) is 5.56 Å². The fraction of sp³-hybridized carbons (Fsp3) is 0.611. The van der Waals surface area contributed by atoms with Gasteiger partial charge in [0.1, 0.15) is 5.75 Å². The second kappa shape index (κ2) is 8.62. The van der Waals surface area contributed by atoms with Crippen molar-refractivity contribution in [1.82, 2.24) is 9.80 Å². The Morgan fingerprint density at radius 2 is 1.76 bits per heavy atom. The van der Waals surface area contributed by atoms with Crippen molar-refractivity contribution in [3.05, 3.63) is 29.8 Å². The number of ether oxygens (including phenoxy) is 2. The van der Waals surface area contributed by atoms with Crippen molar-refractivity contribution in [2.24, 2.45) is 0 Å². The summed E-state index contributed by atoms with van der Waals surface area (Å²) in [7, 11) is 0. The van der Waals surface area contributed by atoms with E-state index in [0.29, 0.717) is 58.1 Å². The molecule has 2 aliphatic heterocycles. The van der Waals surface area contributed by atoms with E-state index in [9.17, 15) is 15.0 Å². The lowest BCUT2D eigenvalue weighted by atomic mass is 10.0. The molecular weight excluding hydrogens is 324 g/mol. The summed E-state index contributed by atoms with van der Waals surface area (Å²) in [6.07, 6.45) is -0.504. The van der Waals surface area contributed by atoms with Crippen LogP contribution >= 0.6 is 0 Å². The zero-order valence-electron chi connectivity index (χ0n) is 14.3. The molecule has 2 heterocycles. The van der Waals surface area contributed by atoms with Crippen LogP contribution < -0.4 is 4.74 Å². The number of hydrogen-bond acceptors (Lipinski definition) is 6. The number of likely N-dealkylation sites (tertiary alicyclic amines) is 1. The SMILES string of the molecule is O=C(COc1ccc(CN2C[C@H](O)C[C@@H](O)C2)cc1)N1CCOCC1. The summed E-state index contributed by atoms with van der Waals surface area (Å²) >= 11 is 0. The Hall–Kier alpha value is -1.67. The summed E-state index contributed by atoms with van der Waals surface area (Å²) in [6.45, 7) is 4.25. The van der Waals surface area contributed by atoms with Gasteiger partial charge in [-0.2, -0.15) is 0 Å². The van der Waals surface area contributed by atoms with Crippen LogP contribution in [0.5, 0.6) is 5.75 Å². The molecule has 2 N–H and O–H groups in total. The molecule has 0 saturated carbocycles. The number of β-amino-alcohol motifs (C(OH)–C–C–N with tert-alkyl or cyclic N) is 2. The van der Waals surface area contributed by atoms with Crippen molar-refractivity contribution in [3.63, 3.8) is 0 Å². The smallest absolute Gasteiger partial charge is 0.260 e. The summed E-state index contributed by atoms with van der Waals surface area (Å²) < 4.78 is 10.8. The molecule has 2 fully saturated rings. The third kappa shape index (κ3) is 5.40. The van der Waals surface area contributed by atoms with Crippen LogP contribution in [-0.2, 0) is 16.1 Å². The molecule has 2 saturated heterocycles. The van der Waals surface area contributed by atoms with Gasteiger partial charge in [-0.1, -0.05) is 12.1 Å². The van der Waals surface area contributed by atoms with Gasteiger partial charge in [-0.15, -0.1) is 0 Å². The van der Waals surface area contributed by atoms with Crippen LogP contribution in [0.2, 0.25) is 0 Å². The van der Waals surface area contributed by atoms with E-state index in [2.05, 4.69) is 0 Å². The maximum atomic E-state index is 12.1. The number of rotatable bonds is 5. The molecular formula is C18H26N2O5. The minimum absolute atomic E-state index is 0.0244. The molecule has 0 unspecified atom stereocenters. The Morgan fingerprint density at radius 1 is 1.12 bits per heavy atom. The molecule has 0 spiro atoms. The van der Waals surface area contributed by atoms with Gasteiger partial charge in [0, 0.05) is 39.1 Å². The normalized spacial score (nSPS) is 25.0. The highest BCUT2D eigenvalue weighted by atomic mass is 16.5. The van der Waals surface area contributed by atoms with Crippen molar-refractivity contribution in [2.45, 2.75) is 25.2 Å². The quantitative estimate of drug-likeness (QED) is 0.769. The number of amides is 1. The van der Waals surface area contributed by atoms with Crippen molar-refractivity contribution in [1.29, 1.82) is 0 Å². The van der Waals surface area contributed by atoms with Crippen LogP contribution in [0.25, 0.3) is 0 Å². The molecule has 2 atom stereocenters. The van der Waals surface area contributed by atoms with Gasteiger partial charge in [-0.05, 0) is 17.7 Å². The lowest BCUT2D eigenvalue weighted by Gasteiger charge is -2.33. The second-order valence-electron chi connectivity index (χ2n) is 6.66. The first-order valence-electron chi connectivity index (χ1n) is 8.76. The van der Waals surface area contributed by atoms with Gasteiger partial charge in [0.2, 0.25) is 0 Å². The number of piperidine rings is 1. The van der Waals surface area contributed by atoms with E-state index in [1.165, 1.54) is 0 Å². The number of morpholine rings is 1. The number of carbonyl (C=O) groups excluding carboxylic acids is 1. The van der Waals surface area contributed by atoms with Gasteiger partial charge < -0.3 is 24.6 Å². The highest BCUT2D eigenvalue weighted by Crippen LogP contribution is 2.17. The van der Waals surface area contributed by atoms with Crippen LogP contribution in [0.15, 0.2) is 24.3 Å². The number of nitrogens with zero attached hydrogens (tertiary/aromatic N) is 2. The van der Waals surface area contributed by atoms with Crippen molar-refractivity contribution < 1.29 is 24.5 Å². The molecule has 25 heavy (non-hydrogen) atoms. The van der Waals surface area contributed by atoms with Crippen molar-refractivity contribution >= 4 is 5.91 Å². The third-order valence-electron chi connectivity index (χ3n) is 4.54. The summed E-state index contributed by atoms with van der Waals surface area (Å²) in [6, 6.07) is 7.58. The average molecular weight is 350 g/mol. The first-order chi connectivity index (χ1) is 12.1. The molecule has 2 aliphatic rings. The number of aliphatic hydroxyl groups excluding tert-OH is 2. The predicted molar refractivity (Wildman–Crippen MR) is 91.2 cm³/mol. The van der Waals surface area contributed by atoms with E-state index in [-0.39, 0.29) is 12.5 Å². The van der Waals surface area contributed by atoms with Gasteiger partial charge in [0.15, 0.2) is 6.61 Å². The number of benzene rings is 1. The van der Waals surface area contributed by atoms with Crippen LogP contribution in [0, 0.1) is 0 Å². The maximum Gasteiger partial charge on any atom is 0.260 e.